The standard InChI is InChI=1S/C23H19NO/c25-23-22(19-14-8-3-9-15-19)20(17-10-4-1-5-11-17)16-21(24-23)18-12-6-2-7-13-18/h1-16,20,22H,(H,24,25)/t20-,22-/m0/s1. The number of rotatable bonds is 3. The minimum Gasteiger partial charge on any atom is -0.325 e. The molecule has 1 aliphatic rings. The van der Waals surface area contributed by atoms with Crippen LogP contribution in [0.3, 0.4) is 0 Å². The smallest absolute Gasteiger partial charge is 0.232 e. The lowest BCUT2D eigenvalue weighted by Crippen LogP contribution is -2.35. The summed E-state index contributed by atoms with van der Waals surface area (Å²) in [4.78, 5) is 13.0. The Morgan fingerprint density at radius 1 is 0.640 bits per heavy atom. The third-order valence-electron chi connectivity index (χ3n) is 4.67. The molecule has 2 heteroatoms. The van der Waals surface area contributed by atoms with Crippen molar-refractivity contribution in [3.05, 3.63) is 114 Å². The number of benzene rings is 3. The van der Waals surface area contributed by atoms with Crippen LogP contribution in [-0.2, 0) is 4.79 Å². The zero-order valence-corrected chi connectivity index (χ0v) is 13.8. The maximum absolute atomic E-state index is 13.0. The predicted molar refractivity (Wildman–Crippen MR) is 101 cm³/mol. The molecule has 0 spiro atoms. The van der Waals surface area contributed by atoms with Crippen molar-refractivity contribution in [3.8, 4) is 0 Å². The van der Waals surface area contributed by atoms with Gasteiger partial charge in [0.15, 0.2) is 0 Å². The molecule has 0 fully saturated rings. The average Bonchev–Trinajstić information content (AvgIpc) is 2.69. The Balaban J connectivity index is 1.83. The van der Waals surface area contributed by atoms with Crippen LogP contribution in [0.2, 0.25) is 0 Å². The van der Waals surface area contributed by atoms with Gasteiger partial charge in [0.05, 0.1) is 5.92 Å². The maximum Gasteiger partial charge on any atom is 0.232 e. The molecular weight excluding hydrogens is 306 g/mol. The Kier molecular flexibility index (Phi) is 4.17. The van der Waals surface area contributed by atoms with E-state index in [-0.39, 0.29) is 17.7 Å². The van der Waals surface area contributed by atoms with E-state index in [1.54, 1.807) is 0 Å². The van der Waals surface area contributed by atoms with Gasteiger partial charge in [-0.3, -0.25) is 4.79 Å². The fourth-order valence-electron chi connectivity index (χ4n) is 3.46. The van der Waals surface area contributed by atoms with Gasteiger partial charge in [0, 0.05) is 11.6 Å². The summed E-state index contributed by atoms with van der Waals surface area (Å²) in [5, 5.41) is 3.10. The normalized spacial score (nSPS) is 19.8. The van der Waals surface area contributed by atoms with E-state index in [0.29, 0.717) is 0 Å². The van der Waals surface area contributed by atoms with Crippen molar-refractivity contribution < 1.29 is 4.79 Å². The van der Waals surface area contributed by atoms with Crippen LogP contribution in [0, 0.1) is 0 Å². The molecule has 0 aliphatic carbocycles. The second-order valence-electron chi connectivity index (χ2n) is 6.26. The summed E-state index contributed by atoms with van der Waals surface area (Å²) >= 11 is 0. The maximum atomic E-state index is 13.0. The van der Waals surface area contributed by atoms with Crippen molar-refractivity contribution in [1.82, 2.24) is 5.32 Å². The van der Waals surface area contributed by atoms with Crippen LogP contribution in [0.15, 0.2) is 97.1 Å². The summed E-state index contributed by atoms with van der Waals surface area (Å²) < 4.78 is 0. The van der Waals surface area contributed by atoms with E-state index in [1.165, 1.54) is 0 Å². The molecule has 3 aromatic carbocycles. The Morgan fingerprint density at radius 3 is 1.76 bits per heavy atom. The first kappa shape index (κ1) is 15.4. The van der Waals surface area contributed by atoms with Gasteiger partial charge in [0.25, 0.3) is 0 Å². The molecule has 0 aromatic heterocycles. The van der Waals surface area contributed by atoms with Crippen molar-refractivity contribution in [1.29, 1.82) is 0 Å². The molecule has 1 aliphatic heterocycles. The molecule has 25 heavy (non-hydrogen) atoms. The van der Waals surface area contributed by atoms with Crippen molar-refractivity contribution >= 4 is 11.6 Å². The number of hydrogen-bond acceptors (Lipinski definition) is 1. The fraction of sp³-hybridized carbons (Fsp3) is 0.0870. The van der Waals surface area contributed by atoms with E-state index in [2.05, 4.69) is 23.5 Å². The van der Waals surface area contributed by atoms with Gasteiger partial charge >= 0.3 is 0 Å². The molecule has 3 aromatic rings. The highest BCUT2D eigenvalue weighted by atomic mass is 16.2. The third-order valence-corrected chi connectivity index (χ3v) is 4.67. The lowest BCUT2D eigenvalue weighted by atomic mass is 9.78. The zero-order chi connectivity index (χ0) is 17.1. The third kappa shape index (κ3) is 3.11. The van der Waals surface area contributed by atoms with Crippen molar-refractivity contribution in [2.45, 2.75) is 11.8 Å². The average molecular weight is 325 g/mol. The summed E-state index contributed by atoms with van der Waals surface area (Å²) in [6, 6.07) is 30.3. The van der Waals surface area contributed by atoms with Crippen LogP contribution in [0.1, 0.15) is 28.5 Å². The molecule has 0 saturated heterocycles. The van der Waals surface area contributed by atoms with Gasteiger partial charge in [0.2, 0.25) is 5.91 Å². The minimum atomic E-state index is -0.226. The molecule has 122 valence electrons. The predicted octanol–water partition coefficient (Wildman–Crippen LogP) is 4.72. The lowest BCUT2D eigenvalue weighted by Gasteiger charge is -2.31. The van der Waals surface area contributed by atoms with Crippen LogP contribution in [0.5, 0.6) is 0 Å². The summed E-state index contributed by atoms with van der Waals surface area (Å²) in [5.74, 6) is -0.176. The van der Waals surface area contributed by atoms with E-state index in [9.17, 15) is 4.79 Å². The van der Waals surface area contributed by atoms with Crippen molar-refractivity contribution in [2.75, 3.05) is 0 Å². The molecule has 0 radical (unpaired) electrons. The Morgan fingerprint density at radius 2 is 1.16 bits per heavy atom. The van der Waals surface area contributed by atoms with Crippen molar-refractivity contribution in [3.63, 3.8) is 0 Å². The highest BCUT2D eigenvalue weighted by Gasteiger charge is 2.34. The molecule has 1 heterocycles. The monoisotopic (exact) mass is 325 g/mol. The SMILES string of the molecule is O=C1NC(c2ccccc2)=C[C@@H](c2ccccc2)[C@@H]1c1ccccc1. The topological polar surface area (TPSA) is 29.1 Å². The second-order valence-corrected chi connectivity index (χ2v) is 6.26. The van der Waals surface area contributed by atoms with Gasteiger partial charge in [0.1, 0.15) is 0 Å². The number of amides is 1. The molecule has 0 bridgehead atoms. The minimum absolute atomic E-state index is 0.00700. The second kappa shape index (κ2) is 6.78. The first-order chi connectivity index (χ1) is 12.3. The summed E-state index contributed by atoms with van der Waals surface area (Å²) in [6.07, 6.45) is 2.18. The van der Waals surface area contributed by atoms with Gasteiger partial charge < -0.3 is 5.32 Å². The number of hydrogen-bond donors (Lipinski definition) is 1. The Bertz CT molecular complexity index is 885. The number of carbonyl (C=O) groups excluding carboxylic acids is 1. The van der Waals surface area contributed by atoms with Gasteiger partial charge in [-0.2, -0.15) is 0 Å². The number of carbonyl (C=O) groups is 1. The quantitative estimate of drug-likeness (QED) is 0.741. The highest BCUT2D eigenvalue weighted by Crippen LogP contribution is 2.39. The first-order valence-corrected chi connectivity index (χ1v) is 8.51. The molecule has 1 amide bonds. The molecule has 1 N–H and O–H groups in total. The van der Waals surface area contributed by atoms with Gasteiger partial charge in [-0.05, 0) is 16.7 Å². The van der Waals surface area contributed by atoms with Crippen LogP contribution in [0.4, 0.5) is 0 Å². The van der Waals surface area contributed by atoms with E-state index in [0.717, 1.165) is 22.4 Å². The molecule has 0 saturated carbocycles. The number of nitrogens with one attached hydrogen (secondary N) is 1. The van der Waals surface area contributed by atoms with Gasteiger partial charge in [-0.1, -0.05) is 97.1 Å². The van der Waals surface area contributed by atoms with E-state index in [1.807, 2.05) is 78.9 Å². The molecular formula is C23H19NO. The van der Waals surface area contributed by atoms with Crippen molar-refractivity contribution in [2.24, 2.45) is 0 Å². The Labute approximate surface area is 147 Å². The Hall–Kier alpha value is -3.13. The van der Waals surface area contributed by atoms with Crippen LogP contribution >= 0.6 is 0 Å². The molecule has 4 rings (SSSR count). The molecule has 2 atom stereocenters. The zero-order valence-electron chi connectivity index (χ0n) is 13.8. The summed E-state index contributed by atoms with van der Waals surface area (Å²) in [7, 11) is 0. The number of allylic oxidation sites excluding steroid dienone is 1. The van der Waals surface area contributed by atoms with Crippen LogP contribution < -0.4 is 5.32 Å². The van der Waals surface area contributed by atoms with E-state index >= 15 is 0 Å². The van der Waals surface area contributed by atoms with E-state index < -0.39 is 0 Å². The van der Waals surface area contributed by atoms with Gasteiger partial charge in [-0.25, -0.2) is 0 Å². The summed E-state index contributed by atoms with van der Waals surface area (Å²) in [5.41, 5.74) is 4.10. The summed E-state index contributed by atoms with van der Waals surface area (Å²) in [6.45, 7) is 0. The van der Waals surface area contributed by atoms with Crippen LogP contribution in [0.25, 0.3) is 5.70 Å². The molecule has 0 unspecified atom stereocenters. The van der Waals surface area contributed by atoms with E-state index in [4.69, 9.17) is 0 Å². The van der Waals surface area contributed by atoms with Gasteiger partial charge in [-0.15, -0.1) is 0 Å². The largest absolute Gasteiger partial charge is 0.325 e. The molecule has 2 nitrogen and oxygen atoms in total. The highest BCUT2D eigenvalue weighted by molar-refractivity contribution is 5.95. The lowest BCUT2D eigenvalue weighted by molar-refractivity contribution is -0.122. The van der Waals surface area contributed by atoms with Crippen LogP contribution in [-0.4, -0.2) is 5.91 Å². The first-order valence-electron chi connectivity index (χ1n) is 8.51. The fourth-order valence-corrected chi connectivity index (χ4v) is 3.46.